The SMILES string of the molecule is CC(C)NCC(O)CN1CCc2ccccc21. The van der Waals surface area contributed by atoms with Crippen molar-refractivity contribution in [3.63, 3.8) is 0 Å². The maximum absolute atomic E-state index is 9.98. The fraction of sp³-hybridized carbons (Fsp3) is 0.571. The fourth-order valence-electron chi connectivity index (χ4n) is 2.29. The molecule has 0 fully saturated rings. The molecule has 0 aliphatic carbocycles. The molecule has 1 aliphatic rings. The number of fused-ring (bicyclic) bond motifs is 1. The Labute approximate surface area is 103 Å². The molecule has 0 saturated carbocycles. The summed E-state index contributed by atoms with van der Waals surface area (Å²) in [5.74, 6) is 0. The van der Waals surface area contributed by atoms with Crippen LogP contribution in [0.5, 0.6) is 0 Å². The molecule has 17 heavy (non-hydrogen) atoms. The zero-order valence-electron chi connectivity index (χ0n) is 10.7. The summed E-state index contributed by atoms with van der Waals surface area (Å²) in [5, 5.41) is 13.2. The number of hydrogen-bond acceptors (Lipinski definition) is 3. The summed E-state index contributed by atoms with van der Waals surface area (Å²) < 4.78 is 0. The molecule has 1 aromatic carbocycles. The number of anilines is 1. The fourth-order valence-corrected chi connectivity index (χ4v) is 2.29. The molecule has 3 nitrogen and oxygen atoms in total. The molecule has 0 saturated heterocycles. The Morgan fingerprint density at radius 1 is 1.35 bits per heavy atom. The second-order valence-corrected chi connectivity index (χ2v) is 5.04. The van der Waals surface area contributed by atoms with Crippen LogP contribution in [0, 0.1) is 0 Å². The van der Waals surface area contributed by atoms with Gasteiger partial charge in [0.25, 0.3) is 0 Å². The zero-order valence-corrected chi connectivity index (χ0v) is 10.7. The summed E-state index contributed by atoms with van der Waals surface area (Å²) in [4.78, 5) is 2.28. The predicted molar refractivity (Wildman–Crippen MR) is 71.5 cm³/mol. The number of rotatable bonds is 5. The van der Waals surface area contributed by atoms with E-state index >= 15 is 0 Å². The number of benzene rings is 1. The minimum Gasteiger partial charge on any atom is -0.390 e. The van der Waals surface area contributed by atoms with Gasteiger partial charge in [0.05, 0.1) is 6.10 Å². The van der Waals surface area contributed by atoms with E-state index in [1.54, 1.807) is 0 Å². The van der Waals surface area contributed by atoms with E-state index in [4.69, 9.17) is 0 Å². The van der Waals surface area contributed by atoms with Gasteiger partial charge < -0.3 is 15.3 Å². The van der Waals surface area contributed by atoms with Gasteiger partial charge in [0.1, 0.15) is 0 Å². The molecule has 1 aliphatic heterocycles. The van der Waals surface area contributed by atoms with Gasteiger partial charge in [-0.15, -0.1) is 0 Å². The van der Waals surface area contributed by atoms with Gasteiger partial charge in [-0.05, 0) is 18.1 Å². The van der Waals surface area contributed by atoms with E-state index in [9.17, 15) is 5.11 Å². The number of nitrogens with one attached hydrogen (secondary N) is 1. The topological polar surface area (TPSA) is 35.5 Å². The lowest BCUT2D eigenvalue weighted by Crippen LogP contribution is -2.39. The average Bonchev–Trinajstić information content (AvgIpc) is 2.70. The van der Waals surface area contributed by atoms with Crippen LogP contribution in [0.3, 0.4) is 0 Å². The van der Waals surface area contributed by atoms with Crippen molar-refractivity contribution in [3.8, 4) is 0 Å². The zero-order chi connectivity index (χ0) is 12.3. The summed E-state index contributed by atoms with van der Waals surface area (Å²) in [5.41, 5.74) is 2.69. The Hall–Kier alpha value is -1.06. The first-order valence-electron chi connectivity index (χ1n) is 6.41. The van der Waals surface area contributed by atoms with E-state index < -0.39 is 0 Å². The van der Waals surface area contributed by atoms with E-state index in [2.05, 4.69) is 48.3 Å². The van der Waals surface area contributed by atoms with Crippen molar-refractivity contribution >= 4 is 5.69 Å². The molecule has 0 radical (unpaired) electrons. The van der Waals surface area contributed by atoms with Crippen molar-refractivity contribution in [2.45, 2.75) is 32.4 Å². The van der Waals surface area contributed by atoms with Crippen molar-refractivity contribution in [1.82, 2.24) is 5.32 Å². The van der Waals surface area contributed by atoms with Gasteiger partial charge in [-0.2, -0.15) is 0 Å². The van der Waals surface area contributed by atoms with Crippen molar-refractivity contribution in [2.24, 2.45) is 0 Å². The summed E-state index contributed by atoms with van der Waals surface area (Å²) in [6.45, 7) is 6.60. The summed E-state index contributed by atoms with van der Waals surface area (Å²) >= 11 is 0. The van der Waals surface area contributed by atoms with Gasteiger partial charge in [0.15, 0.2) is 0 Å². The predicted octanol–water partition coefficient (Wildman–Crippen LogP) is 1.41. The highest BCUT2D eigenvalue weighted by Crippen LogP contribution is 2.27. The van der Waals surface area contributed by atoms with E-state index in [-0.39, 0.29) is 6.10 Å². The van der Waals surface area contributed by atoms with Crippen LogP contribution in [0.1, 0.15) is 19.4 Å². The van der Waals surface area contributed by atoms with Crippen LogP contribution in [-0.2, 0) is 6.42 Å². The normalized spacial score (nSPS) is 16.4. The maximum atomic E-state index is 9.98. The molecule has 1 heterocycles. The number of nitrogens with zero attached hydrogens (tertiary/aromatic N) is 1. The second kappa shape index (κ2) is 5.52. The van der Waals surface area contributed by atoms with Crippen molar-refractivity contribution in [3.05, 3.63) is 29.8 Å². The summed E-state index contributed by atoms with van der Waals surface area (Å²) in [7, 11) is 0. The van der Waals surface area contributed by atoms with Gasteiger partial charge in [-0.3, -0.25) is 0 Å². The lowest BCUT2D eigenvalue weighted by Gasteiger charge is -2.23. The molecule has 94 valence electrons. The van der Waals surface area contributed by atoms with Gasteiger partial charge in [0.2, 0.25) is 0 Å². The summed E-state index contributed by atoms with van der Waals surface area (Å²) in [6, 6.07) is 8.89. The van der Waals surface area contributed by atoms with E-state index in [0.29, 0.717) is 12.6 Å². The number of aliphatic hydroxyl groups excluding tert-OH is 1. The molecule has 3 heteroatoms. The van der Waals surface area contributed by atoms with Crippen molar-refractivity contribution < 1.29 is 5.11 Å². The number of hydrogen-bond donors (Lipinski definition) is 2. The average molecular weight is 234 g/mol. The molecule has 1 unspecified atom stereocenters. The molecular weight excluding hydrogens is 212 g/mol. The first kappa shape index (κ1) is 12.4. The van der Waals surface area contributed by atoms with Gasteiger partial charge >= 0.3 is 0 Å². The second-order valence-electron chi connectivity index (χ2n) is 5.04. The standard InChI is InChI=1S/C14H22N2O/c1-11(2)15-9-13(17)10-16-8-7-12-5-3-4-6-14(12)16/h3-6,11,13,15,17H,7-10H2,1-2H3. The van der Waals surface area contributed by atoms with Crippen LogP contribution in [0.25, 0.3) is 0 Å². The van der Waals surface area contributed by atoms with Crippen LogP contribution in [0.4, 0.5) is 5.69 Å². The highest BCUT2D eigenvalue weighted by atomic mass is 16.3. The Morgan fingerprint density at radius 3 is 2.88 bits per heavy atom. The monoisotopic (exact) mass is 234 g/mol. The third-order valence-electron chi connectivity index (χ3n) is 3.18. The lowest BCUT2D eigenvalue weighted by atomic mass is 10.2. The summed E-state index contributed by atoms with van der Waals surface area (Å²) in [6.07, 6.45) is 0.795. The Morgan fingerprint density at radius 2 is 2.12 bits per heavy atom. The van der Waals surface area contributed by atoms with Gasteiger partial charge in [-0.25, -0.2) is 0 Å². The largest absolute Gasteiger partial charge is 0.390 e. The van der Waals surface area contributed by atoms with Crippen molar-refractivity contribution in [1.29, 1.82) is 0 Å². The third-order valence-corrected chi connectivity index (χ3v) is 3.18. The number of β-amino-alcohol motifs (C(OH)–C–C–N with tert-alkyl or cyclic N) is 1. The molecule has 1 atom stereocenters. The van der Waals surface area contributed by atoms with Crippen LogP contribution in [0.15, 0.2) is 24.3 Å². The first-order chi connectivity index (χ1) is 8.16. The minimum atomic E-state index is -0.302. The van der Waals surface area contributed by atoms with E-state index in [0.717, 1.165) is 19.5 Å². The molecule has 2 rings (SSSR count). The van der Waals surface area contributed by atoms with Gasteiger partial charge in [0, 0.05) is 31.4 Å². The maximum Gasteiger partial charge on any atom is 0.0839 e. The molecule has 2 N–H and O–H groups in total. The minimum absolute atomic E-state index is 0.302. The van der Waals surface area contributed by atoms with Crippen LogP contribution in [0.2, 0.25) is 0 Å². The van der Waals surface area contributed by atoms with Crippen molar-refractivity contribution in [2.75, 3.05) is 24.5 Å². The van der Waals surface area contributed by atoms with Gasteiger partial charge in [-0.1, -0.05) is 32.0 Å². The molecule has 0 bridgehead atoms. The lowest BCUT2D eigenvalue weighted by molar-refractivity contribution is 0.174. The first-order valence-corrected chi connectivity index (χ1v) is 6.41. The van der Waals surface area contributed by atoms with E-state index in [1.165, 1.54) is 11.3 Å². The Bertz CT molecular complexity index is 365. The molecular formula is C14H22N2O. The Balaban J connectivity index is 1.88. The molecule has 0 amide bonds. The van der Waals surface area contributed by atoms with Crippen LogP contribution < -0.4 is 10.2 Å². The van der Waals surface area contributed by atoms with E-state index in [1.807, 2.05) is 0 Å². The Kier molecular flexibility index (Phi) is 4.02. The highest BCUT2D eigenvalue weighted by Gasteiger charge is 2.20. The number of aliphatic hydroxyl groups is 1. The molecule has 1 aromatic rings. The quantitative estimate of drug-likeness (QED) is 0.808. The van der Waals surface area contributed by atoms with Crippen LogP contribution >= 0.6 is 0 Å². The molecule has 0 spiro atoms. The smallest absolute Gasteiger partial charge is 0.0839 e. The highest BCUT2D eigenvalue weighted by molar-refractivity contribution is 5.57. The number of para-hydroxylation sites is 1. The molecule has 0 aromatic heterocycles. The van der Waals surface area contributed by atoms with Crippen LogP contribution in [-0.4, -0.2) is 36.9 Å². The third kappa shape index (κ3) is 3.20.